The Morgan fingerprint density at radius 2 is 1.71 bits per heavy atom. The van der Waals surface area contributed by atoms with Crippen molar-refractivity contribution in [3.05, 3.63) is 0 Å². The first kappa shape index (κ1) is 16.0. The van der Waals surface area contributed by atoms with Crippen molar-refractivity contribution in [3.8, 4) is 0 Å². The molecule has 2 saturated heterocycles. The van der Waals surface area contributed by atoms with Crippen LogP contribution in [0.2, 0.25) is 0 Å². The number of nitrogens with zero attached hydrogens (tertiary/aromatic N) is 2. The van der Waals surface area contributed by atoms with Gasteiger partial charge in [-0.3, -0.25) is 4.90 Å². The molecule has 0 aliphatic carbocycles. The predicted octanol–water partition coefficient (Wildman–Crippen LogP) is 0.356. The zero-order chi connectivity index (χ0) is 15.5. The van der Waals surface area contributed by atoms with Crippen LogP contribution in [0.25, 0.3) is 0 Å². The minimum Gasteiger partial charge on any atom is -0.480 e. The average Bonchev–Trinajstić information content (AvgIpc) is 2.48. The maximum Gasteiger partial charge on any atom is 0.329 e. The van der Waals surface area contributed by atoms with Crippen LogP contribution in [0.3, 0.4) is 0 Å². The number of nitrogens with one attached hydrogen (secondary N) is 1. The van der Waals surface area contributed by atoms with Crippen molar-refractivity contribution in [1.82, 2.24) is 15.1 Å². The lowest BCUT2D eigenvalue weighted by molar-refractivity contribution is -0.148. The van der Waals surface area contributed by atoms with Crippen LogP contribution < -0.4 is 5.32 Å². The van der Waals surface area contributed by atoms with Gasteiger partial charge in [-0.1, -0.05) is 0 Å². The fraction of sp³-hybridized carbons (Fsp3) is 0.857. The molecule has 0 unspecified atom stereocenters. The van der Waals surface area contributed by atoms with E-state index in [1.54, 1.807) is 4.90 Å². The lowest BCUT2D eigenvalue weighted by Gasteiger charge is -2.40. The summed E-state index contributed by atoms with van der Waals surface area (Å²) in [5.74, 6) is -0.972. The molecule has 2 rings (SSSR count). The normalized spacial score (nSPS) is 23.1. The van der Waals surface area contributed by atoms with Crippen molar-refractivity contribution in [1.29, 1.82) is 0 Å². The number of carbonyl (C=O) groups excluding carboxylic acids is 1. The molecule has 2 fully saturated rings. The Morgan fingerprint density at radius 3 is 2.19 bits per heavy atom. The summed E-state index contributed by atoms with van der Waals surface area (Å²) in [7, 11) is 0. The van der Waals surface area contributed by atoms with Gasteiger partial charge in [-0.05, 0) is 13.8 Å². The lowest BCUT2D eigenvalue weighted by atomic mass is 9.90. The number of piperazine rings is 1. The van der Waals surface area contributed by atoms with Gasteiger partial charge in [0.1, 0.15) is 5.54 Å². The number of carbonyl (C=O) groups is 2. The van der Waals surface area contributed by atoms with Gasteiger partial charge in [0.25, 0.3) is 0 Å². The van der Waals surface area contributed by atoms with Crippen LogP contribution in [0.15, 0.2) is 0 Å². The maximum atomic E-state index is 12.3. The van der Waals surface area contributed by atoms with E-state index in [9.17, 15) is 14.7 Å². The van der Waals surface area contributed by atoms with E-state index in [1.807, 2.05) is 0 Å². The van der Waals surface area contributed by atoms with Gasteiger partial charge in [0.15, 0.2) is 0 Å². The molecule has 0 aromatic heterocycles. The van der Waals surface area contributed by atoms with Crippen molar-refractivity contribution in [2.75, 3.05) is 39.4 Å². The first-order valence-corrected chi connectivity index (χ1v) is 7.57. The topological polar surface area (TPSA) is 82.1 Å². The summed E-state index contributed by atoms with van der Waals surface area (Å²) in [5, 5.41) is 12.2. The summed E-state index contributed by atoms with van der Waals surface area (Å²) in [5.41, 5.74) is -1.18. The summed E-state index contributed by atoms with van der Waals surface area (Å²) < 4.78 is 5.21. The Bertz CT molecular complexity index is 386. The number of carboxylic acids is 1. The second-order valence-corrected chi connectivity index (χ2v) is 6.05. The van der Waals surface area contributed by atoms with Gasteiger partial charge >= 0.3 is 12.0 Å². The van der Waals surface area contributed by atoms with Gasteiger partial charge < -0.3 is 20.1 Å². The molecule has 2 amide bonds. The number of aliphatic carboxylic acids is 1. The predicted molar refractivity (Wildman–Crippen MR) is 77.2 cm³/mol. The van der Waals surface area contributed by atoms with Gasteiger partial charge in [-0.2, -0.15) is 0 Å². The van der Waals surface area contributed by atoms with Crippen LogP contribution in [-0.4, -0.2) is 77.9 Å². The van der Waals surface area contributed by atoms with E-state index in [0.717, 1.165) is 13.1 Å². The number of hydrogen-bond donors (Lipinski definition) is 2. The molecule has 0 saturated carbocycles. The van der Waals surface area contributed by atoms with Gasteiger partial charge in [-0.15, -0.1) is 0 Å². The summed E-state index contributed by atoms with van der Waals surface area (Å²) in [4.78, 5) is 27.9. The molecule has 2 heterocycles. The summed E-state index contributed by atoms with van der Waals surface area (Å²) in [6, 6.07) is 0.193. The molecular weight excluding hydrogens is 274 g/mol. The molecule has 0 radical (unpaired) electrons. The van der Waals surface area contributed by atoms with E-state index >= 15 is 0 Å². The molecule has 0 atom stereocenters. The number of urea groups is 1. The SMILES string of the molecule is CC(C)N1CCN(C(=O)NC2(C(=O)O)CCOCC2)CC1. The van der Waals surface area contributed by atoms with E-state index in [0.29, 0.717) is 45.2 Å². The molecule has 0 aromatic carbocycles. The molecule has 7 heteroatoms. The fourth-order valence-corrected chi connectivity index (χ4v) is 2.84. The van der Waals surface area contributed by atoms with Crippen molar-refractivity contribution in [2.45, 2.75) is 38.3 Å². The van der Waals surface area contributed by atoms with Gasteiger partial charge in [0, 0.05) is 58.3 Å². The zero-order valence-electron chi connectivity index (χ0n) is 12.8. The quantitative estimate of drug-likeness (QED) is 0.786. The van der Waals surface area contributed by atoms with Crippen molar-refractivity contribution in [3.63, 3.8) is 0 Å². The smallest absolute Gasteiger partial charge is 0.329 e. The molecule has 7 nitrogen and oxygen atoms in total. The van der Waals surface area contributed by atoms with E-state index in [4.69, 9.17) is 4.74 Å². The van der Waals surface area contributed by atoms with Crippen LogP contribution >= 0.6 is 0 Å². The number of amides is 2. The zero-order valence-corrected chi connectivity index (χ0v) is 12.8. The van der Waals surface area contributed by atoms with Gasteiger partial charge in [0.05, 0.1) is 0 Å². The Kier molecular flexibility index (Phi) is 5.05. The lowest BCUT2D eigenvalue weighted by Crippen LogP contribution is -2.62. The molecule has 2 N–H and O–H groups in total. The highest BCUT2D eigenvalue weighted by Crippen LogP contribution is 2.21. The summed E-state index contributed by atoms with van der Waals surface area (Å²) >= 11 is 0. The highest BCUT2D eigenvalue weighted by molar-refractivity contribution is 5.86. The molecule has 0 bridgehead atoms. The monoisotopic (exact) mass is 299 g/mol. The molecule has 2 aliphatic heterocycles. The van der Waals surface area contributed by atoms with Crippen LogP contribution in [0.1, 0.15) is 26.7 Å². The Morgan fingerprint density at radius 1 is 1.14 bits per heavy atom. The maximum absolute atomic E-state index is 12.3. The van der Waals surface area contributed by atoms with Crippen LogP contribution in [0.4, 0.5) is 4.79 Å². The highest BCUT2D eigenvalue weighted by atomic mass is 16.5. The Balaban J connectivity index is 1.93. The molecule has 120 valence electrons. The summed E-state index contributed by atoms with van der Waals surface area (Å²) in [6.07, 6.45) is 0.639. The van der Waals surface area contributed by atoms with Crippen LogP contribution in [-0.2, 0) is 9.53 Å². The average molecular weight is 299 g/mol. The third-order valence-corrected chi connectivity index (χ3v) is 4.43. The van der Waals surface area contributed by atoms with Gasteiger partial charge in [0.2, 0.25) is 0 Å². The summed E-state index contributed by atoms with van der Waals surface area (Å²) in [6.45, 7) is 7.94. The fourth-order valence-electron chi connectivity index (χ4n) is 2.84. The second kappa shape index (κ2) is 6.62. The van der Waals surface area contributed by atoms with E-state index in [-0.39, 0.29) is 6.03 Å². The van der Waals surface area contributed by atoms with Crippen LogP contribution in [0.5, 0.6) is 0 Å². The van der Waals surface area contributed by atoms with E-state index < -0.39 is 11.5 Å². The second-order valence-electron chi connectivity index (χ2n) is 6.05. The molecule has 0 aromatic rings. The number of carboxylic acid groups (broad SMARTS) is 1. The van der Waals surface area contributed by atoms with Crippen molar-refractivity contribution < 1.29 is 19.4 Å². The first-order valence-electron chi connectivity index (χ1n) is 7.57. The van der Waals surface area contributed by atoms with Crippen molar-refractivity contribution in [2.24, 2.45) is 0 Å². The van der Waals surface area contributed by atoms with E-state index in [1.165, 1.54) is 0 Å². The number of ether oxygens (including phenoxy) is 1. The molecule has 0 spiro atoms. The van der Waals surface area contributed by atoms with Gasteiger partial charge in [-0.25, -0.2) is 9.59 Å². The molecular formula is C14H25N3O4. The minimum atomic E-state index is -1.18. The number of hydrogen-bond acceptors (Lipinski definition) is 4. The molecule has 21 heavy (non-hydrogen) atoms. The molecule has 2 aliphatic rings. The van der Waals surface area contributed by atoms with Crippen molar-refractivity contribution >= 4 is 12.0 Å². The largest absolute Gasteiger partial charge is 0.480 e. The van der Waals surface area contributed by atoms with Crippen LogP contribution in [0, 0.1) is 0 Å². The Labute approximate surface area is 125 Å². The third-order valence-electron chi connectivity index (χ3n) is 4.43. The number of rotatable bonds is 3. The first-order chi connectivity index (χ1) is 9.94. The third kappa shape index (κ3) is 3.65. The van der Waals surface area contributed by atoms with E-state index in [2.05, 4.69) is 24.1 Å². The highest BCUT2D eigenvalue weighted by Gasteiger charge is 2.42. The Hall–Kier alpha value is -1.34. The minimum absolute atomic E-state index is 0.275. The standard InChI is InChI=1S/C14H25N3O4/c1-11(2)16-5-7-17(8-6-16)13(20)15-14(12(18)19)3-9-21-10-4-14/h11H,3-10H2,1-2H3,(H,15,20)(H,18,19).